The fraction of sp³-hybridized carbons (Fsp3) is 0. The zero-order valence-electron chi connectivity index (χ0n) is 14.5. The Bertz CT molecular complexity index is 1360. The molecule has 0 bridgehead atoms. The molecule has 9 nitrogen and oxygen atoms in total. The SMILES string of the molecule is O=c1ccc2cc(N=Nc3ccc(S(=O)(=O)Nc4nccs4)cc3)c(O)cc2o1. The molecule has 11 heteroatoms. The molecule has 0 amide bonds. The fourth-order valence-corrected chi connectivity index (χ4v) is 4.21. The molecule has 0 radical (unpaired) electrons. The zero-order chi connectivity index (χ0) is 20.4. The van der Waals surface area contributed by atoms with Gasteiger partial charge in [0.1, 0.15) is 17.0 Å². The van der Waals surface area contributed by atoms with Crippen LogP contribution in [0.15, 0.2) is 84.4 Å². The molecule has 2 aromatic carbocycles. The van der Waals surface area contributed by atoms with Crippen LogP contribution >= 0.6 is 11.3 Å². The van der Waals surface area contributed by atoms with Gasteiger partial charge in [0.2, 0.25) is 0 Å². The number of phenolic OH excluding ortho intramolecular Hbond substituents is 1. The lowest BCUT2D eigenvalue weighted by atomic mass is 10.2. The Hall–Kier alpha value is -3.57. The standard InChI is InChI=1S/C18H12N4O5S2/c23-15-10-16-11(1-6-17(24)27-16)9-14(15)21-20-12-2-4-13(5-3-12)29(25,26)22-18-19-7-8-28-18/h1-10,23H,(H,19,22). The van der Waals surface area contributed by atoms with E-state index < -0.39 is 15.6 Å². The Balaban J connectivity index is 1.56. The van der Waals surface area contributed by atoms with E-state index in [1.54, 1.807) is 11.4 Å². The minimum Gasteiger partial charge on any atom is -0.505 e. The number of azo groups is 1. The molecule has 0 spiro atoms. The highest BCUT2D eigenvalue weighted by atomic mass is 32.2. The largest absolute Gasteiger partial charge is 0.505 e. The number of hydrogen-bond acceptors (Lipinski definition) is 9. The molecule has 4 rings (SSSR count). The normalized spacial score (nSPS) is 11.9. The molecule has 2 N–H and O–H groups in total. The second kappa shape index (κ2) is 7.45. The van der Waals surface area contributed by atoms with E-state index in [0.29, 0.717) is 11.1 Å². The van der Waals surface area contributed by atoms with Crippen molar-refractivity contribution in [2.24, 2.45) is 10.2 Å². The molecule has 0 fully saturated rings. The summed E-state index contributed by atoms with van der Waals surface area (Å²) in [5.41, 5.74) is 0.271. The maximum Gasteiger partial charge on any atom is 0.336 e. The smallest absolute Gasteiger partial charge is 0.336 e. The van der Waals surface area contributed by atoms with Crippen LogP contribution in [0.25, 0.3) is 11.0 Å². The Morgan fingerprint density at radius 1 is 1.07 bits per heavy atom. The molecule has 4 aromatic rings. The van der Waals surface area contributed by atoms with Gasteiger partial charge >= 0.3 is 5.63 Å². The van der Waals surface area contributed by atoms with Gasteiger partial charge in [0.05, 0.1) is 10.6 Å². The highest BCUT2D eigenvalue weighted by molar-refractivity contribution is 7.93. The number of aromatic hydroxyl groups is 1. The number of rotatable bonds is 5. The molecule has 0 saturated carbocycles. The summed E-state index contributed by atoms with van der Waals surface area (Å²) < 4.78 is 32.0. The Labute approximate surface area is 168 Å². The van der Waals surface area contributed by atoms with Gasteiger partial charge in [-0.2, -0.15) is 5.11 Å². The molecule has 2 heterocycles. The summed E-state index contributed by atoms with van der Waals surface area (Å²) in [6, 6.07) is 11.4. The summed E-state index contributed by atoms with van der Waals surface area (Å²) in [4.78, 5) is 15.2. The molecule has 146 valence electrons. The molecule has 0 saturated heterocycles. The molecular weight excluding hydrogens is 416 g/mol. The Morgan fingerprint density at radius 2 is 1.86 bits per heavy atom. The van der Waals surface area contributed by atoms with Crippen molar-refractivity contribution >= 4 is 48.8 Å². The van der Waals surface area contributed by atoms with Crippen molar-refractivity contribution < 1.29 is 17.9 Å². The van der Waals surface area contributed by atoms with Gasteiger partial charge in [-0.05, 0) is 36.4 Å². The van der Waals surface area contributed by atoms with Gasteiger partial charge in [-0.3, -0.25) is 4.72 Å². The van der Waals surface area contributed by atoms with Crippen LogP contribution in [-0.2, 0) is 10.0 Å². The topological polar surface area (TPSA) is 134 Å². The minimum atomic E-state index is -3.75. The van der Waals surface area contributed by atoms with E-state index in [2.05, 4.69) is 19.9 Å². The van der Waals surface area contributed by atoms with Crippen LogP contribution in [0.5, 0.6) is 5.75 Å². The first-order chi connectivity index (χ1) is 13.9. The first-order valence-electron chi connectivity index (χ1n) is 8.12. The number of phenols is 1. The molecule has 2 aromatic heterocycles. The van der Waals surface area contributed by atoms with E-state index in [1.165, 1.54) is 60.0 Å². The monoisotopic (exact) mass is 428 g/mol. The molecule has 0 aliphatic heterocycles. The summed E-state index contributed by atoms with van der Waals surface area (Å²) in [6.07, 6.45) is 1.50. The van der Waals surface area contributed by atoms with Crippen molar-refractivity contribution in [1.82, 2.24) is 4.98 Å². The predicted molar refractivity (Wildman–Crippen MR) is 108 cm³/mol. The van der Waals surface area contributed by atoms with Crippen molar-refractivity contribution in [3.8, 4) is 5.75 Å². The summed E-state index contributed by atoms with van der Waals surface area (Å²) in [6.45, 7) is 0. The third-order valence-electron chi connectivity index (χ3n) is 3.79. The first kappa shape index (κ1) is 18.8. The van der Waals surface area contributed by atoms with Gasteiger partial charge in [0, 0.05) is 29.1 Å². The molecule has 29 heavy (non-hydrogen) atoms. The van der Waals surface area contributed by atoms with Crippen LogP contribution in [0.1, 0.15) is 0 Å². The van der Waals surface area contributed by atoms with E-state index in [1.807, 2.05) is 0 Å². The van der Waals surface area contributed by atoms with Crippen molar-refractivity contribution in [1.29, 1.82) is 0 Å². The highest BCUT2D eigenvalue weighted by Gasteiger charge is 2.15. The number of nitrogens with one attached hydrogen (secondary N) is 1. The molecule has 0 aliphatic rings. The molecular formula is C18H12N4O5S2. The number of sulfonamides is 1. The van der Waals surface area contributed by atoms with Crippen LogP contribution in [0, 0.1) is 0 Å². The zero-order valence-corrected chi connectivity index (χ0v) is 16.1. The number of aromatic nitrogens is 1. The van der Waals surface area contributed by atoms with Crippen molar-refractivity contribution in [3.63, 3.8) is 0 Å². The van der Waals surface area contributed by atoms with Gasteiger partial charge in [0.15, 0.2) is 5.13 Å². The lowest BCUT2D eigenvalue weighted by Crippen LogP contribution is -2.12. The number of fused-ring (bicyclic) bond motifs is 1. The summed E-state index contributed by atoms with van der Waals surface area (Å²) in [7, 11) is -3.75. The van der Waals surface area contributed by atoms with E-state index in [0.717, 1.165) is 0 Å². The predicted octanol–water partition coefficient (Wildman–Crippen LogP) is 4.17. The van der Waals surface area contributed by atoms with E-state index in [9.17, 15) is 18.3 Å². The van der Waals surface area contributed by atoms with Gasteiger partial charge < -0.3 is 9.52 Å². The maximum atomic E-state index is 12.3. The van der Waals surface area contributed by atoms with Gasteiger partial charge in [0.25, 0.3) is 10.0 Å². The van der Waals surface area contributed by atoms with Crippen LogP contribution in [0.4, 0.5) is 16.5 Å². The average molecular weight is 428 g/mol. The minimum absolute atomic E-state index is 0.0511. The maximum absolute atomic E-state index is 12.3. The third kappa shape index (κ3) is 4.15. The van der Waals surface area contributed by atoms with Crippen LogP contribution in [0.2, 0.25) is 0 Å². The highest BCUT2D eigenvalue weighted by Crippen LogP contribution is 2.32. The Kier molecular flexibility index (Phi) is 4.82. The lowest BCUT2D eigenvalue weighted by Gasteiger charge is -2.05. The number of anilines is 1. The van der Waals surface area contributed by atoms with E-state index in [-0.39, 0.29) is 27.0 Å². The lowest BCUT2D eigenvalue weighted by molar-refractivity contribution is 0.474. The fourth-order valence-electron chi connectivity index (χ4n) is 2.42. The third-order valence-corrected chi connectivity index (χ3v) is 5.96. The van der Waals surface area contributed by atoms with E-state index in [4.69, 9.17) is 4.42 Å². The van der Waals surface area contributed by atoms with Crippen molar-refractivity contribution in [2.45, 2.75) is 4.90 Å². The van der Waals surface area contributed by atoms with E-state index >= 15 is 0 Å². The van der Waals surface area contributed by atoms with Crippen molar-refractivity contribution in [2.75, 3.05) is 4.72 Å². The number of hydrogen-bond donors (Lipinski definition) is 2. The van der Waals surface area contributed by atoms with Crippen LogP contribution in [0.3, 0.4) is 0 Å². The summed E-state index contributed by atoms with van der Waals surface area (Å²) >= 11 is 1.17. The van der Waals surface area contributed by atoms with Gasteiger partial charge in [-0.1, -0.05) is 0 Å². The number of thiazole rings is 1. The second-order valence-electron chi connectivity index (χ2n) is 5.77. The van der Waals surface area contributed by atoms with Crippen molar-refractivity contribution in [3.05, 3.63) is 70.5 Å². The van der Waals surface area contributed by atoms with Gasteiger partial charge in [-0.15, -0.1) is 16.5 Å². The number of benzene rings is 2. The Morgan fingerprint density at radius 3 is 2.59 bits per heavy atom. The average Bonchev–Trinajstić information content (AvgIpc) is 3.19. The van der Waals surface area contributed by atoms with Crippen LogP contribution in [-0.4, -0.2) is 18.5 Å². The molecule has 0 aliphatic carbocycles. The van der Waals surface area contributed by atoms with Gasteiger partial charge in [-0.25, -0.2) is 18.2 Å². The quantitative estimate of drug-likeness (QED) is 0.362. The summed E-state index contributed by atoms with van der Waals surface area (Å²) in [5, 5.41) is 20.5. The number of nitrogens with zero attached hydrogens (tertiary/aromatic N) is 3. The first-order valence-corrected chi connectivity index (χ1v) is 10.5. The van der Waals surface area contributed by atoms with Crippen LogP contribution < -0.4 is 10.3 Å². The summed E-state index contributed by atoms with van der Waals surface area (Å²) in [5.74, 6) is -0.206. The molecule has 0 unspecified atom stereocenters. The molecule has 0 atom stereocenters. The second-order valence-corrected chi connectivity index (χ2v) is 8.35.